The fourth-order valence-electron chi connectivity index (χ4n) is 0.812. The molecule has 0 spiro atoms. The van der Waals surface area contributed by atoms with Gasteiger partial charge in [0.05, 0.1) is 11.2 Å². The van der Waals surface area contributed by atoms with Gasteiger partial charge in [-0.15, -0.1) is 0 Å². The van der Waals surface area contributed by atoms with Gasteiger partial charge in [0.25, 0.3) is 0 Å². The van der Waals surface area contributed by atoms with E-state index in [9.17, 15) is 13.2 Å². The van der Waals surface area contributed by atoms with Crippen molar-refractivity contribution in [2.75, 3.05) is 12.4 Å². The molecule has 0 aromatic rings. The summed E-state index contributed by atoms with van der Waals surface area (Å²) in [6.07, 6.45) is 0.0750. The third kappa shape index (κ3) is 3.19. The van der Waals surface area contributed by atoms with E-state index in [1.54, 1.807) is 0 Å². The minimum Gasteiger partial charge on any atom is -0.396 e. The van der Waals surface area contributed by atoms with Gasteiger partial charge in [-0.2, -0.15) is 0 Å². The van der Waals surface area contributed by atoms with Crippen LogP contribution < -0.4 is 5.73 Å². The van der Waals surface area contributed by atoms with Gasteiger partial charge < -0.3 is 10.8 Å². The van der Waals surface area contributed by atoms with E-state index in [0.29, 0.717) is 0 Å². The SMILES string of the molecule is CC(CCO)(C[SH](=O)=O)C(N)=O. The van der Waals surface area contributed by atoms with Gasteiger partial charge in [-0.25, -0.2) is 8.42 Å². The van der Waals surface area contributed by atoms with Crippen LogP contribution in [0, 0.1) is 5.41 Å². The van der Waals surface area contributed by atoms with E-state index in [4.69, 9.17) is 10.8 Å². The van der Waals surface area contributed by atoms with Gasteiger partial charge in [-0.05, 0) is 13.3 Å². The lowest BCUT2D eigenvalue weighted by molar-refractivity contribution is -0.126. The Kier molecular flexibility index (Phi) is 4.19. The average Bonchev–Trinajstić information content (AvgIpc) is 1.85. The van der Waals surface area contributed by atoms with E-state index >= 15 is 0 Å². The first-order valence-electron chi connectivity index (χ1n) is 3.45. The summed E-state index contributed by atoms with van der Waals surface area (Å²) in [5, 5.41) is 8.56. The summed E-state index contributed by atoms with van der Waals surface area (Å²) < 4.78 is 20.7. The molecule has 1 unspecified atom stereocenters. The molecule has 1 atom stereocenters. The highest BCUT2D eigenvalue weighted by Crippen LogP contribution is 2.20. The molecule has 72 valence electrons. The van der Waals surface area contributed by atoms with Crippen LogP contribution in [0.5, 0.6) is 0 Å². The second-order valence-electron chi connectivity index (χ2n) is 2.89. The number of carbonyl (C=O) groups is 1. The van der Waals surface area contributed by atoms with Gasteiger partial charge in [0.2, 0.25) is 5.91 Å². The second kappa shape index (κ2) is 4.42. The van der Waals surface area contributed by atoms with E-state index < -0.39 is 22.0 Å². The Morgan fingerprint density at radius 2 is 2.08 bits per heavy atom. The summed E-state index contributed by atoms with van der Waals surface area (Å²) in [5.74, 6) is -1.01. The molecule has 0 radical (unpaired) electrons. The van der Waals surface area contributed by atoms with Crippen LogP contribution in [-0.4, -0.2) is 31.8 Å². The summed E-state index contributed by atoms with van der Waals surface area (Å²) in [6, 6.07) is 0. The third-order valence-corrected chi connectivity index (χ3v) is 2.69. The molecule has 0 aliphatic rings. The molecule has 12 heavy (non-hydrogen) atoms. The van der Waals surface area contributed by atoms with Crippen molar-refractivity contribution in [1.82, 2.24) is 0 Å². The van der Waals surface area contributed by atoms with E-state index in [1.807, 2.05) is 0 Å². The van der Waals surface area contributed by atoms with Gasteiger partial charge in [-0.1, -0.05) is 0 Å². The van der Waals surface area contributed by atoms with Crippen LogP contribution in [0.2, 0.25) is 0 Å². The summed E-state index contributed by atoms with van der Waals surface area (Å²) in [6.45, 7) is 1.18. The Morgan fingerprint density at radius 3 is 2.33 bits per heavy atom. The lowest BCUT2D eigenvalue weighted by atomic mass is 9.89. The number of nitrogens with two attached hydrogens (primary N) is 1. The van der Waals surface area contributed by atoms with Crippen LogP contribution in [0.1, 0.15) is 13.3 Å². The zero-order valence-corrected chi connectivity index (χ0v) is 7.71. The molecule has 0 saturated carbocycles. The van der Waals surface area contributed by atoms with Crippen molar-refractivity contribution >= 4 is 16.6 Å². The van der Waals surface area contributed by atoms with Crippen LogP contribution in [0.3, 0.4) is 0 Å². The van der Waals surface area contributed by atoms with Crippen molar-refractivity contribution in [3.8, 4) is 0 Å². The first-order chi connectivity index (χ1) is 5.42. The molecule has 0 fully saturated rings. The minimum atomic E-state index is -2.64. The van der Waals surface area contributed by atoms with Gasteiger partial charge in [-0.3, -0.25) is 4.79 Å². The van der Waals surface area contributed by atoms with Crippen molar-refractivity contribution in [1.29, 1.82) is 0 Å². The lowest BCUT2D eigenvalue weighted by Gasteiger charge is -2.21. The van der Waals surface area contributed by atoms with Crippen LogP contribution in [-0.2, 0) is 15.5 Å². The van der Waals surface area contributed by atoms with Gasteiger partial charge in [0, 0.05) is 6.61 Å². The van der Waals surface area contributed by atoms with Crippen molar-refractivity contribution < 1.29 is 18.3 Å². The highest BCUT2D eigenvalue weighted by Gasteiger charge is 2.31. The zero-order chi connectivity index (χ0) is 9.78. The predicted molar refractivity (Wildman–Crippen MR) is 44.2 cm³/mol. The predicted octanol–water partition coefficient (Wildman–Crippen LogP) is -1.53. The Balaban J connectivity index is 4.49. The van der Waals surface area contributed by atoms with Gasteiger partial charge in [0.15, 0.2) is 0 Å². The summed E-state index contributed by atoms with van der Waals surface area (Å²) >= 11 is 0. The number of primary amides is 1. The Labute approximate surface area is 72.5 Å². The van der Waals surface area contributed by atoms with E-state index in [-0.39, 0.29) is 18.8 Å². The fraction of sp³-hybridized carbons (Fsp3) is 0.833. The van der Waals surface area contributed by atoms with E-state index in [1.165, 1.54) is 6.92 Å². The first kappa shape index (κ1) is 11.4. The molecule has 0 aromatic carbocycles. The molecule has 0 aromatic heterocycles. The molecular formula is C6H13NO4S. The number of carbonyl (C=O) groups excluding carboxylic acids is 1. The fourth-order valence-corrected chi connectivity index (χ4v) is 1.70. The maximum Gasteiger partial charge on any atom is 0.224 e. The van der Waals surface area contributed by atoms with Gasteiger partial charge >= 0.3 is 0 Å². The largest absolute Gasteiger partial charge is 0.396 e. The molecule has 6 heteroatoms. The summed E-state index contributed by atoms with van der Waals surface area (Å²) in [5.41, 5.74) is 3.85. The van der Waals surface area contributed by atoms with Crippen LogP contribution in [0.25, 0.3) is 0 Å². The number of aliphatic hydroxyl groups is 1. The molecule has 0 aliphatic heterocycles. The van der Waals surface area contributed by atoms with Crippen LogP contribution >= 0.6 is 0 Å². The topological polar surface area (TPSA) is 97.5 Å². The van der Waals surface area contributed by atoms with Crippen molar-refractivity contribution in [3.05, 3.63) is 0 Å². The minimum absolute atomic E-state index is 0.0750. The highest BCUT2D eigenvalue weighted by molar-refractivity contribution is 7.72. The average molecular weight is 195 g/mol. The van der Waals surface area contributed by atoms with E-state index in [0.717, 1.165) is 0 Å². The quantitative estimate of drug-likeness (QED) is 0.464. The zero-order valence-electron chi connectivity index (χ0n) is 6.82. The van der Waals surface area contributed by atoms with Crippen molar-refractivity contribution in [2.45, 2.75) is 13.3 Å². The summed E-state index contributed by atoms with van der Waals surface area (Å²) in [7, 11) is -2.64. The molecule has 3 N–H and O–H groups in total. The number of rotatable bonds is 5. The lowest BCUT2D eigenvalue weighted by Crippen LogP contribution is -2.38. The standard InChI is InChI=1S/C6H13NO4S/c1-6(2-3-8,5(7)9)4-12(10)11/h8,12H,2-4H2,1H3,(H2,7,9). The molecule has 0 heterocycles. The molecule has 0 bridgehead atoms. The van der Waals surface area contributed by atoms with Crippen LogP contribution in [0.15, 0.2) is 0 Å². The first-order valence-corrected chi connectivity index (χ1v) is 4.81. The highest BCUT2D eigenvalue weighted by atomic mass is 32.2. The number of hydrogen-bond acceptors (Lipinski definition) is 4. The molecule has 0 aliphatic carbocycles. The van der Waals surface area contributed by atoms with Crippen molar-refractivity contribution in [3.63, 3.8) is 0 Å². The van der Waals surface area contributed by atoms with Gasteiger partial charge in [0.1, 0.15) is 10.7 Å². The molecular weight excluding hydrogens is 182 g/mol. The normalized spacial score (nSPS) is 15.9. The number of hydrogen-bond donors (Lipinski definition) is 3. The second-order valence-corrected chi connectivity index (χ2v) is 3.87. The monoisotopic (exact) mass is 195 g/mol. The molecule has 5 nitrogen and oxygen atoms in total. The maximum absolute atomic E-state index is 10.8. The number of amides is 1. The molecule has 0 saturated heterocycles. The Hall–Kier alpha value is -0.620. The van der Waals surface area contributed by atoms with E-state index in [2.05, 4.69) is 0 Å². The Morgan fingerprint density at radius 1 is 1.58 bits per heavy atom. The summed E-state index contributed by atoms with van der Waals surface area (Å²) in [4.78, 5) is 10.8. The Bertz CT molecular complexity index is 230. The molecule has 1 amide bonds. The maximum atomic E-state index is 10.8. The smallest absolute Gasteiger partial charge is 0.224 e. The number of thiol groups is 1. The van der Waals surface area contributed by atoms with Crippen molar-refractivity contribution in [2.24, 2.45) is 11.1 Å². The molecule has 0 rings (SSSR count). The van der Waals surface area contributed by atoms with Crippen LogP contribution in [0.4, 0.5) is 0 Å². The number of aliphatic hydroxyl groups excluding tert-OH is 1. The third-order valence-electron chi connectivity index (χ3n) is 1.74.